The van der Waals surface area contributed by atoms with E-state index in [1.165, 1.54) is 19.3 Å². The van der Waals surface area contributed by atoms with Crippen molar-refractivity contribution < 1.29 is 0 Å². The molecule has 1 fully saturated rings. The SMILES string of the molecule is CCCNc1cc(N2CCCCC2C)nc(SC)n1. The van der Waals surface area contributed by atoms with Gasteiger partial charge in [-0.2, -0.15) is 0 Å². The Morgan fingerprint density at radius 3 is 2.95 bits per heavy atom. The zero-order valence-corrected chi connectivity index (χ0v) is 13.0. The van der Waals surface area contributed by atoms with Gasteiger partial charge in [0.15, 0.2) is 5.16 Å². The topological polar surface area (TPSA) is 41.0 Å². The first-order chi connectivity index (χ1) is 9.24. The second-order valence-electron chi connectivity index (χ2n) is 5.06. The van der Waals surface area contributed by atoms with E-state index < -0.39 is 0 Å². The second kappa shape index (κ2) is 6.98. The third kappa shape index (κ3) is 3.75. The lowest BCUT2D eigenvalue weighted by atomic mass is 10.0. The highest BCUT2D eigenvalue weighted by Gasteiger charge is 2.20. The van der Waals surface area contributed by atoms with Crippen molar-refractivity contribution in [2.45, 2.75) is 50.7 Å². The Balaban J connectivity index is 2.22. The van der Waals surface area contributed by atoms with E-state index in [-0.39, 0.29) is 0 Å². The van der Waals surface area contributed by atoms with Crippen LogP contribution in [-0.2, 0) is 0 Å². The molecule has 0 radical (unpaired) electrons. The van der Waals surface area contributed by atoms with E-state index in [0.717, 1.165) is 36.3 Å². The molecule has 1 aliphatic heterocycles. The van der Waals surface area contributed by atoms with E-state index in [1.54, 1.807) is 11.8 Å². The minimum absolute atomic E-state index is 0.581. The summed E-state index contributed by atoms with van der Waals surface area (Å²) in [5.74, 6) is 2.03. The first-order valence-electron chi connectivity index (χ1n) is 7.18. The van der Waals surface area contributed by atoms with Crippen molar-refractivity contribution >= 4 is 23.4 Å². The van der Waals surface area contributed by atoms with Gasteiger partial charge in [0, 0.05) is 25.2 Å². The fourth-order valence-corrected chi connectivity index (χ4v) is 2.81. The molecule has 4 nitrogen and oxygen atoms in total. The van der Waals surface area contributed by atoms with Crippen LogP contribution >= 0.6 is 11.8 Å². The van der Waals surface area contributed by atoms with Gasteiger partial charge < -0.3 is 10.2 Å². The number of nitrogens with zero attached hydrogens (tertiary/aromatic N) is 3. The van der Waals surface area contributed by atoms with Crippen molar-refractivity contribution in [2.75, 3.05) is 29.6 Å². The molecule has 2 heterocycles. The molecule has 0 spiro atoms. The van der Waals surface area contributed by atoms with Gasteiger partial charge >= 0.3 is 0 Å². The van der Waals surface area contributed by atoms with Gasteiger partial charge in [-0.25, -0.2) is 9.97 Å². The predicted molar refractivity (Wildman–Crippen MR) is 83.3 cm³/mol. The molecule has 0 saturated carbocycles. The van der Waals surface area contributed by atoms with Crippen LogP contribution in [0.3, 0.4) is 0 Å². The van der Waals surface area contributed by atoms with Crippen LogP contribution < -0.4 is 10.2 Å². The van der Waals surface area contributed by atoms with Gasteiger partial charge in [0.25, 0.3) is 0 Å². The number of nitrogens with one attached hydrogen (secondary N) is 1. The smallest absolute Gasteiger partial charge is 0.191 e. The summed E-state index contributed by atoms with van der Waals surface area (Å²) in [5.41, 5.74) is 0. The van der Waals surface area contributed by atoms with Crippen LogP contribution in [0, 0.1) is 0 Å². The standard InChI is InChI=1S/C14H24N4S/c1-4-8-15-12-10-13(17-14(16-12)19-3)18-9-6-5-7-11(18)2/h10-11H,4-9H2,1-3H3,(H,15,16,17). The minimum Gasteiger partial charge on any atom is -0.370 e. The predicted octanol–water partition coefficient (Wildman–Crippen LogP) is 3.40. The minimum atomic E-state index is 0.581. The Hall–Kier alpha value is -0.970. The summed E-state index contributed by atoms with van der Waals surface area (Å²) in [6.07, 6.45) is 6.99. The highest BCUT2D eigenvalue weighted by molar-refractivity contribution is 7.98. The molecular weight excluding hydrogens is 256 g/mol. The van der Waals surface area contributed by atoms with E-state index in [2.05, 4.69) is 40.1 Å². The van der Waals surface area contributed by atoms with Crippen molar-refractivity contribution in [1.29, 1.82) is 0 Å². The van der Waals surface area contributed by atoms with E-state index in [4.69, 9.17) is 0 Å². The summed E-state index contributed by atoms with van der Waals surface area (Å²) in [6, 6.07) is 2.68. The second-order valence-corrected chi connectivity index (χ2v) is 5.84. The molecule has 1 saturated heterocycles. The average Bonchev–Trinajstić information content (AvgIpc) is 2.45. The molecule has 1 atom stereocenters. The number of anilines is 2. The Bertz CT molecular complexity index is 410. The van der Waals surface area contributed by atoms with Crippen molar-refractivity contribution in [3.8, 4) is 0 Å². The van der Waals surface area contributed by atoms with E-state index in [0.29, 0.717) is 6.04 Å². The van der Waals surface area contributed by atoms with Crippen LogP contribution in [0.4, 0.5) is 11.6 Å². The van der Waals surface area contributed by atoms with Crippen LogP contribution in [0.15, 0.2) is 11.2 Å². The van der Waals surface area contributed by atoms with Crippen LogP contribution in [-0.4, -0.2) is 35.4 Å². The van der Waals surface area contributed by atoms with Gasteiger partial charge in [-0.1, -0.05) is 18.7 Å². The lowest BCUT2D eigenvalue weighted by Crippen LogP contribution is -2.38. The molecule has 1 aliphatic rings. The first kappa shape index (κ1) is 14.4. The van der Waals surface area contributed by atoms with E-state index in [9.17, 15) is 0 Å². The van der Waals surface area contributed by atoms with Crippen molar-refractivity contribution in [3.05, 3.63) is 6.07 Å². The third-order valence-electron chi connectivity index (χ3n) is 3.53. The first-order valence-corrected chi connectivity index (χ1v) is 8.40. The zero-order chi connectivity index (χ0) is 13.7. The molecular formula is C14H24N4S. The molecule has 106 valence electrons. The highest BCUT2D eigenvalue weighted by Crippen LogP contribution is 2.26. The largest absolute Gasteiger partial charge is 0.370 e. The van der Waals surface area contributed by atoms with E-state index in [1.807, 2.05) is 6.26 Å². The van der Waals surface area contributed by atoms with Gasteiger partial charge in [-0.15, -0.1) is 0 Å². The lowest BCUT2D eigenvalue weighted by molar-refractivity contribution is 0.480. The molecule has 1 aromatic heterocycles. The van der Waals surface area contributed by atoms with Crippen LogP contribution in [0.2, 0.25) is 0 Å². The van der Waals surface area contributed by atoms with Gasteiger partial charge in [0.2, 0.25) is 0 Å². The molecule has 0 aromatic carbocycles. The molecule has 2 rings (SSSR count). The van der Waals surface area contributed by atoms with Gasteiger partial charge in [0.1, 0.15) is 11.6 Å². The monoisotopic (exact) mass is 280 g/mol. The summed E-state index contributed by atoms with van der Waals surface area (Å²) in [5, 5.41) is 4.23. The average molecular weight is 280 g/mol. The van der Waals surface area contributed by atoms with Gasteiger partial charge in [0.05, 0.1) is 0 Å². The third-order valence-corrected chi connectivity index (χ3v) is 4.08. The molecule has 1 N–H and O–H groups in total. The fraction of sp³-hybridized carbons (Fsp3) is 0.714. The van der Waals surface area contributed by atoms with Crippen LogP contribution in [0.1, 0.15) is 39.5 Å². The summed E-state index contributed by atoms with van der Waals surface area (Å²) >= 11 is 1.61. The number of hydrogen-bond donors (Lipinski definition) is 1. The van der Waals surface area contributed by atoms with Crippen molar-refractivity contribution in [3.63, 3.8) is 0 Å². The zero-order valence-electron chi connectivity index (χ0n) is 12.1. The van der Waals surface area contributed by atoms with E-state index >= 15 is 0 Å². The van der Waals surface area contributed by atoms with Crippen molar-refractivity contribution in [1.82, 2.24) is 9.97 Å². The molecule has 1 aromatic rings. The maximum Gasteiger partial charge on any atom is 0.191 e. The maximum atomic E-state index is 4.67. The number of rotatable bonds is 5. The van der Waals surface area contributed by atoms with Gasteiger partial charge in [-0.3, -0.25) is 0 Å². The molecule has 0 bridgehead atoms. The Labute approximate surface area is 120 Å². The highest BCUT2D eigenvalue weighted by atomic mass is 32.2. The van der Waals surface area contributed by atoms with Crippen LogP contribution in [0.25, 0.3) is 0 Å². The quantitative estimate of drug-likeness (QED) is 0.661. The molecule has 5 heteroatoms. The van der Waals surface area contributed by atoms with Gasteiger partial charge in [-0.05, 0) is 38.9 Å². The summed E-state index contributed by atoms with van der Waals surface area (Å²) < 4.78 is 0. The molecule has 0 amide bonds. The fourth-order valence-electron chi connectivity index (χ4n) is 2.43. The number of piperidine rings is 1. The normalized spacial score (nSPS) is 19.5. The maximum absolute atomic E-state index is 4.67. The summed E-state index contributed by atoms with van der Waals surface area (Å²) in [4.78, 5) is 11.6. The summed E-state index contributed by atoms with van der Waals surface area (Å²) in [6.45, 7) is 6.52. The number of aromatic nitrogens is 2. The number of hydrogen-bond acceptors (Lipinski definition) is 5. The Morgan fingerprint density at radius 1 is 1.42 bits per heavy atom. The van der Waals surface area contributed by atoms with Crippen LogP contribution in [0.5, 0.6) is 0 Å². The lowest BCUT2D eigenvalue weighted by Gasteiger charge is -2.34. The summed E-state index contributed by atoms with van der Waals surface area (Å²) in [7, 11) is 0. The molecule has 19 heavy (non-hydrogen) atoms. The number of thioether (sulfide) groups is 1. The Morgan fingerprint density at radius 2 is 2.26 bits per heavy atom. The molecule has 1 unspecified atom stereocenters. The Kier molecular flexibility index (Phi) is 5.31. The van der Waals surface area contributed by atoms with Crippen molar-refractivity contribution in [2.24, 2.45) is 0 Å². The molecule has 0 aliphatic carbocycles.